The van der Waals surface area contributed by atoms with Crippen LogP contribution in [0.1, 0.15) is 43.2 Å². The average Bonchev–Trinajstić information content (AvgIpc) is 3.47. The Morgan fingerprint density at radius 1 is 1.26 bits per heavy atom. The second kappa shape index (κ2) is 12.8. The van der Waals surface area contributed by atoms with Gasteiger partial charge in [-0.2, -0.15) is 0 Å². The molecule has 0 aromatic heterocycles. The van der Waals surface area contributed by atoms with Crippen molar-refractivity contribution in [2.24, 2.45) is 10.9 Å². The molecule has 0 aliphatic heterocycles. The number of carbonyl (C=O) groups excluding carboxylic acids is 1. The summed E-state index contributed by atoms with van der Waals surface area (Å²) in [6, 6.07) is 6.31. The van der Waals surface area contributed by atoms with E-state index in [0.717, 1.165) is 49.2 Å². The van der Waals surface area contributed by atoms with Crippen molar-refractivity contribution in [2.45, 2.75) is 45.6 Å². The molecule has 1 saturated carbocycles. The lowest BCUT2D eigenvalue weighted by molar-refractivity contribution is -0.140. The highest BCUT2D eigenvalue weighted by molar-refractivity contribution is 14.0. The van der Waals surface area contributed by atoms with E-state index in [1.807, 2.05) is 0 Å². The molecule has 0 amide bonds. The fourth-order valence-corrected chi connectivity index (χ4v) is 2.54. The van der Waals surface area contributed by atoms with Gasteiger partial charge < -0.3 is 20.1 Å². The Hall–Kier alpha value is -1.51. The predicted molar refractivity (Wildman–Crippen MR) is 119 cm³/mol. The Bertz CT molecular complexity index is 618. The van der Waals surface area contributed by atoms with Gasteiger partial charge in [-0.05, 0) is 50.2 Å². The largest absolute Gasteiger partial charge is 0.493 e. The molecule has 1 aromatic rings. The van der Waals surface area contributed by atoms with Crippen molar-refractivity contribution < 1.29 is 14.3 Å². The Morgan fingerprint density at radius 3 is 2.70 bits per heavy atom. The van der Waals surface area contributed by atoms with Gasteiger partial charge in [0, 0.05) is 32.1 Å². The SMILES string of the molecule is CN=C(NCCCCC(=O)OC)NCc1ccc(C)cc1OCC1CC1.I. The zero-order valence-electron chi connectivity index (χ0n) is 16.5. The quantitative estimate of drug-likeness (QED) is 0.173. The van der Waals surface area contributed by atoms with E-state index in [2.05, 4.69) is 45.5 Å². The van der Waals surface area contributed by atoms with Crippen molar-refractivity contribution >= 4 is 35.9 Å². The highest BCUT2D eigenvalue weighted by Gasteiger charge is 2.22. The van der Waals surface area contributed by atoms with Gasteiger partial charge in [0.15, 0.2) is 5.96 Å². The van der Waals surface area contributed by atoms with Crippen molar-refractivity contribution in [3.8, 4) is 5.75 Å². The molecule has 0 heterocycles. The van der Waals surface area contributed by atoms with Crippen LogP contribution >= 0.6 is 24.0 Å². The monoisotopic (exact) mass is 489 g/mol. The molecule has 1 aliphatic carbocycles. The van der Waals surface area contributed by atoms with Crippen molar-refractivity contribution in [2.75, 3.05) is 27.3 Å². The minimum atomic E-state index is -0.161. The van der Waals surface area contributed by atoms with E-state index in [-0.39, 0.29) is 29.9 Å². The number of benzene rings is 1. The lowest BCUT2D eigenvalue weighted by atomic mass is 10.1. The van der Waals surface area contributed by atoms with E-state index >= 15 is 0 Å². The fraction of sp³-hybridized carbons (Fsp3) is 0.600. The van der Waals surface area contributed by atoms with Gasteiger partial charge >= 0.3 is 5.97 Å². The van der Waals surface area contributed by atoms with Gasteiger partial charge in [0.2, 0.25) is 0 Å². The second-order valence-corrected chi connectivity index (χ2v) is 6.75. The molecule has 0 atom stereocenters. The van der Waals surface area contributed by atoms with Crippen molar-refractivity contribution in [3.63, 3.8) is 0 Å². The van der Waals surface area contributed by atoms with E-state index in [4.69, 9.17) is 4.74 Å². The van der Waals surface area contributed by atoms with E-state index in [0.29, 0.717) is 13.0 Å². The molecule has 0 unspecified atom stereocenters. The van der Waals surface area contributed by atoms with Gasteiger partial charge in [-0.25, -0.2) is 0 Å². The number of nitrogens with one attached hydrogen (secondary N) is 2. The van der Waals surface area contributed by atoms with Crippen LogP contribution < -0.4 is 15.4 Å². The molecule has 2 N–H and O–H groups in total. The number of aryl methyl sites for hydroxylation is 1. The van der Waals surface area contributed by atoms with Crippen molar-refractivity contribution in [3.05, 3.63) is 29.3 Å². The molecule has 0 saturated heterocycles. The Balaban J connectivity index is 0.00000364. The first-order chi connectivity index (χ1) is 12.6. The summed E-state index contributed by atoms with van der Waals surface area (Å²) < 4.78 is 10.6. The fourth-order valence-electron chi connectivity index (χ4n) is 2.54. The molecule has 152 valence electrons. The molecule has 7 heteroatoms. The standard InChI is InChI=1S/C20H31N3O3.HI/c1-15-7-10-17(18(12-15)26-14-16-8-9-16)13-23-20(21-2)22-11-5-4-6-19(24)25-3;/h7,10,12,16H,4-6,8-9,11,13-14H2,1-3H3,(H2,21,22,23);1H. The van der Waals surface area contributed by atoms with Crippen LogP contribution in [-0.2, 0) is 16.1 Å². The number of halogens is 1. The molecule has 2 rings (SSSR count). The number of unbranched alkanes of at least 4 members (excludes halogenated alkanes) is 1. The maximum absolute atomic E-state index is 11.1. The third kappa shape index (κ3) is 9.30. The Morgan fingerprint density at radius 2 is 2.04 bits per heavy atom. The summed E-state index contributed by atoms with van der Waals surface area (Å²) in [5, 5.41) is 6.60. The molecular formula is C20H32IN3O3. The summed E-state index contributed by atoms with van der Waals surface area (Å²) in [7, 11) is 3.17. The van der Waals surface area contributed by atoms with Gasteiger partial charge in [-0.15, -0.1) is 24.0 Å². The molecule has 0 spiro atoms. The van der Waals surface area contributed by atoms with Gasteiger partial charge in [0.05, 0.1) is 13.7 Å². The van der Waals surface area contributed by atoms with Crippen LogP contribution in [0.5, 0.6) is 5.75 Å². The smallest absolute Gasteiger partial charge is 0.305 e. The minimum absolute atomic E-state index is 0. The third-order valence-electron chi connectivity index (χ3n) is 4.39. The van der Waals surface area contributed by atoms with Crippen molar-refractivity contribution in [1.29, 1.82) is 0 Å². The molecule has 27 heavy (non-hydrogen) atoms. The van der Waals surface area contributed by atoms with Gasteiger partial charge in [-0.3, -0.25) is 9.79 Å². The first kappa shape index (κ1) is 23.5. The Kier molecular flexibility index (Phi) is 11.2. The predicted octanol–water partition coefficient (Wildman–Crippen LogP) is 3.41. The van der Waals surface area contributed by atoms with Crippen molar-refractivity contribution in [1.82, 2.24) is 10.6 Å². The molecule has 1 aliphatic rings. The summed E-state index contributed by atoms with van der Waals surface area (Å²) in [4.78, 5) is 15.3. The van der Waals surface area contributed by atoms with Crippen LogP contribution in [0.2, 0.25) is 0 Å². The maximum Gasteiger partial charge on any atom is 0.305 e. The first-order valence-corrected chi connectivity index (χ1v) is 9.36. The molecule has 6 nitrogen and oxygen atoms in total. The molecule has 1 aromatic carbocycles. The molecular weight excluding hydrogens is 457 g/mol. The highest BCUT2D eigenvalue weighted by Crippen LogP contribution is 2.30. The molecule has 1 fully saturated rings. The zero-order valence-corrected chi connectivity index (χ0v) is 18.9. The number of esters is 1. The minimum Gasteiger partial charge on any atom is -0.493 e. The summed E-state index contributed by atoms with van der Waals surface area (Å²) >= 11 is 0. The summed E-state index contributed by atoms with van der Waals surface area (Å²) in [6.07, 6.45) is 4.71. The van der Waals surface area contributed by atoms with Gasteiger partial charge in [0.1, 0.15) is 5.75 Å². The van der Waals surface area contributed by atoms with Crippen LogP contribution in [0.25, 0.3) is 0 Å². The molecule has 0 radical (unpaired) electrons. The number of ether oxygens (including phenoxy) is 2. The Labute approximate surface area is 179 Å². The zero-order chi connectivity index (χ0) is 18.8. The van der Waals surface area contributed by atoms with Crippen LogP contribution in [0.15, 0.2) is 23.2 Å². The van der Waals surface area contributed by atoms with E-state index in [1.54, 1.807) is 7.05 Å². The number of methoxy groups -OCH3 is 1. The maximum atomic E-state index is 11.1. The summed E-state index contributed by atoms with van der Waals surface area (Å²) in [5.41, 5.74) is 2.33. The first-order valence-electron chi connectivity index (χ1n) is 9.36. The van der Waals surface area contributed by atoms with Gasteiger partial charge in [-0.1, -0.05) is 12.1 Å². The third-order valence-corrected chi connectivity index (χ3v) is 4.39. The number of hydrogen-bond acceptors (Lipinski definition) is 4. The average molecular weight is 489 g/mol. The van der Waals surface area contributed by atoms with Crippen LogP contribution in [0, 0.1) is 12.8 Å². The number of hydrogen-bond donors (Lipinski definition) is 2. The summed E-state index contributed by atoms with van der Waals surface area (Å²) in [5.74, 6) is 2.27. The van der Waals surface area contributed by atoms with E-state index in [9.17, 15) is 4.79 Å². The normalized spacial score (nSPS) is 13.5. The van der Waals surface area contributed by atoms with Crippen LogP contribution in [0.3, 0.4) is 0 Å². The summed E-state index contributed by atoms with van der Waals surface area (Å²) in [6.45, 7) is 4.30. The van der Waals surface area contributed by atoms with E-state index in [1.165, 1.54) is 25.5 Å². The molecule has 0 bridgehead atoms. The highest BCUT2D eigenvalue weighted by atomic mass is 127. The van der Waals surface area contributed by atoms with Gasteiger partial charge in [0.25, 0.3) is 0 Å². The number of aliphatic imine (C=N–C) groups is 1. The lowest BCUT2D eigenvalue weighted by Crippen LogP contribution is -2.37. The number of guanidine groups is 1. The lowest BCUT2D eigenvalue weighted by Gasteiger charge is -2.15. The van der Waals surface area contributed by atoms with E-state index < -0.39 is 0 Å². The number of carbonyl (C=O) groups is 1. The number of rotatable bonds is 10. The van der Waals surface area contributed by atoms with Crippen LogP contribution in [0.4, 0.5) is 0 Å². The number of nitrogens with zero attached hydrogens (tertiary/aromatic N) is 1. The topological polar surface area (TPSA) is 72.0 Å². The second-order valence-electron chi connectivity index (χ2n) is 6.75. The van der Waals surface area contributed by atoms with Crippen LogP contribution in [-0.4, -0.2) is 39.2 Å².